The molecule has 4 rings (SSSR count). The zero-order valence-electron chi connectivity index (χ0n) is 14.8. The van der Waals surface area contributed by atoms with Crippen LogP contribution in [-0.2, 0) is 14.6 Å². The molecule has 2 aliphatic rings. The monoisotopic (exact) mass is 538 g/mol. The van der Waals surface area contributed by atoms with Gasteiger partial charge in [0, 0.05) is 15.4 Å². The van der Waals surface area contributed by atoms with E-state index in [-0.39, 0.29) is 29.2 Å². The molecule has 3 nitrogen and oxygen atoms in total. The van der Waals surface area contributed by atoms with Crippen molar-refractivity contribution in [1.82, 2.24) is 0 Å². The van der Waals surface area contributed by atoms with Gasteiger partial charge in [-0.05, 0) is 61.6 Å². The molecule has 3 atom stereocenters. The average Bonchev–Trinajstić information content (AvgIpc) is 2.69. The third-order valence-corrected chi connectivity index (χ3v) is 10.0. The molecule has 2 aromatic rings. The molecule has 1 fully saturated rings. The lowest BCUT2D eigenvalue weighted by molar-refractivity contribution is 0.105. The van der Waals surface area contributed by atoms with Crippen molar-refractivity contribution < 1.29 is 21.9 Å². The number of benzene rings is 2. The predicted octanol–water partition coefficient (Wildman–Crippen LogP) is 5.53. The Labute approximate surface area is 181 Å². The summed E-state index contributed by atoms with van der Waals surface area (Å²) in [5.74, 6) is -1.89. The summed E-state index contributed by atoms with van der Waals surface area (Å²) >= 11 is 8.21. The molecule has 28 heavy (non-hydrogen) atoms. The van der Waals surface area contributed by atoms with Crippen LogP contribution in [0.5, 0.6) is 5.75 Å². The normalized spacial score (nSPS) is 26.9. The van der Waals surface area contributed by atoms with Crippen LogP contribution in [0.1, 0.15) is 24.8 Å². The highest BCUT2D eigenvalue weighted by Gasteiger charge is 2.59. The lowest BCUT2D eigenvalue weighted by atomic mass is 9.69. The summed E-state index contributed by atoms with van der Waals surface area (Å²) in [4.78, 5) is 0.0614. The number of rotatable bonds is 3. The summed E-state index contributed by atoms with van der Waals surface area (Å²) in [5.41, 5.74) is -0.161. The SMILES string of the molecule is O=S(=O)(c1ccc(Cl)cc1)C12CCC(CI)C[C@H]1COc1c(F)ccc(F)c12. The molecule has 1 heterocycles. The average molecular weight is 539 g/mol. The van der Waals surface area contributed by atoms with E-state index >= 15 is 4.39 Å². The lowest BCUT2D eigenvalue weighted by Gasteiger charge is -2.48. The molecule has 1 aliphatic heterocycles. The van der Waals surface area contributed by atoms with Crippen molar-refractivity contribution in [2.75, 3.05) is 11.0 Å². The van der Waals surface area contributed by atoms with E-state index in [4.69, 9.17) is 16.3 Å². The van der Waals surface area contributed by atoms with Crippen molar-refractivity contribution in [2.45, 2.75) is 28.9 Å². The van der Waals surface area contributed by atoms with E-state index in [1.807, 2.05) is 0 Å². The Bertz CT molecular complexity index is 1010. The first-order valence-electron chi connectivity index (χ1n) is 8.98. The quantitative estimate of drug-likeness (QED) is 0.381. The number of fused-ring (bicyclic) bond motifs is 3. The number of halogens is 4. The Kier molecular flexibility index (Phi) is 5.37. The van der Waals surface area contributed by atoms with Gasteiger partial charge in [-0.25, -0.2) is 17.2 Å². The molecule has 150 valence electrons. The predicted molar refractivity (Wildman–Crippen MR) is 112 cm³/mol. The molecule has 2 unspecified atom stereocenters. The van der Waals surface area contributed by atoms with Crippen LogP contribution in [0.15, 0.2) is 41.3 Å². The molecule has 1 saturated carbocycles. The highest BCUT2D eigenvalue weighted by Crippen LogP contribution is 2.57. The van der Waals surface area contributed by atoms with Crippen LogP contribution in [0.4, 0.5) is 8.78 Å². The zero-order valence-corrected chi connectivity index (χ0v) is 18.5. The van der Waals surface area contributed by atoms with Crippen molar-refractivity contribution in [3.63, 3.8) is 0 Å². The van der Waals surface area contributed by atoms with Crippen molar-refractivity contribution in [3.05, 3.63) is 58.6 Å². The molecule has 0 radical (unpaired) electrons. The van der Waals surface area contributed by atoms with Gasteiger partial charge >= 0.3 is 0 Å². The van der Waals surface area contributed by atoms with E-state index in [0.717, 1.165) is 16.6 Å². The van der Waals surface area contributed by atoms with Crippen molar-refractivity contribution in [3.8, 4) is 5.75 Å². The summed E-state index contributed by atoms with van der Waals surface area (Å²) in [6.07, 6.45) is 1.44. The van der Waals surface area contributed by atoms with E-state index in [2.05, 4.69) is 22.6 Å². The molecule has 0 saturated heterocycles. The van der Waals surface area contributed by atoms with Crippen LogP contribution in [-0.4, -0.2) is 19.5 Å². The third kappa shape index (κ3) is 2.96. The van der Waals surface area contributed by atoms with Gasteiger partial charge in [0.2, 0.25) is 0 Å². The van der Waals surface area contributed by atoms with Gasteiger partial charge in [-0.2, -0.15) is 0 Å². The second kappa shape index (κ2) is 7.40. The van der Waals surface area contributed by atoms with Gasteiger partial charge in [0.05, 0.1) is 17.1 Å². The fourth-order valence-electron chi connectivity index (χ4n) is 4.57. The molecule has 0 bridgehead atoms. The molecule has 2 aromatic carbocycles. The first kappa shape index (κ1) is 20.3. The van der Waals surface area contributed by atoms with Crippen LogP contribution in [0, 0.1) is 23.5 Å². The smallest absolute Gasteiger partial charge is 0.188 e. The lowest BCUT2D eigenvalue weighted by Crippen LogP contribution is -2.52. The second-order valence-corrected chi connectivity index (χ2v) is 10.9. The Morgan fingerprint density at radius 3 is 2.50 bits per heavy atom. The topological polar surface area (TPSA) is 43.4 Å². The second-order valence-electron chi connectivity index (χ2n) is 7.38. The summed E-state index contributed by atoms with van der Waals surface area (Å²) in [6.45, 7) is 0.0489. The Morgan fingerprint density at radius 2 is 1.82 bits per heavy atom. The molecule has 0 aromatic heterocycles. The molecular weight excluding hydrogens is 521 g/mol. The third-order valence-electron chi connectivity index (χ3n) is 5.93. The molecule has 1 aliphatic carbocycles. The minimum absolute atomic E-state index is 0.0489. The summed E-state index contributed by atoms with van der Waals surface area (Å²) in [5, 5.41) is 0.409. The van der Waals surface area contributed by atoms with E-state index in [0.29, 0.717) is 23.8 Å². The van der Waals surface area contributed by atoms with Gasteiger partial charge in [0.1, 0.15) is 10.6 Å². The van der Waals surface area contributed by atoms with Crippen LogP contribution in [0.25, 0.3) is 0 Å². The van der Waals surface area contributed by atoms with Crippen molar-refractivity contribution >= 4 is 44.0 Å². The Morgan fingerprint density at radius 1 is 1.14 bits per heavy atom. The van der Waals surface area contributed by atoms with Crippen LogP contribution < -0.4 is 4.74 Å². The van der Waals surface area contributed by atoms with E-state index < -0.39 is 32.1 Å². The van der Waals surface area contributed by atoms with Gasteiger partial charge in [0.25, 0.3) is 0 Å². The van der Waals surface area contributed by atoms with E-state index in [1.54, 1.807) is 0 Å². The largest absolute Gasteiger partial charge is 0.490 e. The highest BCUT2D eigenvalue weighted by molar-refractivity contribution is 14.1. The minimum atomic E-state index is -4.03. The van der Waals surface area contributed by atoms with E-state index in [1.165, 1.54) is 24.3 Å². The summed E-state index contributed by atoms with van der Waals surface area (Å²) < 4.78 is 62.2. The standard InChI is InChI=1S/C20H18ClF2IO3S/c21-14-1-3-15(4-2-14)28(25,26)20-8-7-12(10-24)9-13(20)11-27-19-17(23)6-5-16(22)18(19)20/h1-6,12-13H,7-11H2/t12?,13-,20?/m0/s1. The molecule has 0 spiro atoms. The maximum atomic E-state index is 15.0. The first-order chi connectivity index (χ1) is 13.3. The molecular formula is C20H18ClF2IO3S. The van der Waals surface area contributed by atoms with Gasteiger partial charge in [-0.15, -0.1) is 0 Å². The highest BCUT2D eigenvalue weighted by atomic mass is 127. The van der Waals surface area contributed by atoms with Gasteiger partial charge in [-0.3, -0.25) is 0 Å². The van der Waals surface area contributed by atoms with Gasteiger partial charge in [0.15, 0.2) is 21.4 Å². The maximum absolute atomic E-state index is 15.0. The number of alkyl halides is 1. The zero-order chi connectivity index (χ0) is 20.1. The van der Waals surface area contributed by atoms with Gasteiger partial charge < -0.3 is 4.74 Å². The number of ether oxygens (including phenoxy) is 1. The maximum Gasteiger partial charge on any atom is 0.188 e. The molecule has 0 amide bonds. The fourth-order valence-corrected chi connectivity index (χ4v) is 7.86. The minimum Gasteiger partial charge on any atom is -0.490 e. The van der Waals surface area contributed by atoms with Crippen LogP contribution in [0.2, 0.25) is 5.02 Å². The van der Waals surface area contributed by atoms with Crippen LogP contribution in [0.3, 0.4) is 0 Å². The van der Waals surface area contributed by atoms with Crippen molar-refractivity contribution in [1.29, 1.82) is 0 Å². The van der Waals surface area contributed by atoms with E-state index in [9.17, 15) is 12.8 Å². The van der Waals surface area contributed by atoms with Crippen molar-refractivity contribution in [2.24, 2.45) is 11.8 Å². The first-order valence-corrected chi connectivity index (χ1v) is 12.4. The molecule has 8 heteroatoms. The number of sulfone groups is 1. The summed E-state index contributed by atoms with van der Waals surface area (Å²) in [7, 11) is -4.03. The summed E-state index contributed by atoms with van der Waals surface area (Å²) in [6, 6.07) is 7.83. The van der Waals surface area contributed by atoms with Gasteiger partial charge in [-0.1, -0.05) is 34.2 Å². The number of hydrogen-bond donors (Lipinski definition) is 0. The Hall–Kier alpha value is -0.930. The Balaban J connectivity index is 1.99. The van der Waals surface area contributed by atoms with Crippen LogP contribution >= 0.6 is 34.2 Å². The fraction of sp³-hybridized carbons (Fsp3) is 0.400. The molecule has 0 N–H and O–H groups in total. The number of hydrogen-bond acceptors (Lipinski definition) is 3.